The maximum absolute atomic E-state index is 11.9. The lowest BCUT2D eigenvalue weighted by Crippen LogP contribution is -2.35. The summed E-state index contributed by atoms with van der Waals surface area (Å²) < 4.78 is 0. The summed E-state index contributed by atoms with van der Waals surface area (Å²) in [5, 5.41) is 11.8. The van der Waals surface area contributed by atoms with E-state index in [4.69, 9.17) is 10.8 Å². The van der Waals surface area contributed by atoms with Gasteiger partial charge in [0, 0.05) is 13.0 Å². The molecule has 0 aromatic heterocycles. The molecule has 0 heterocycles. The standard InChI is InChI=1S/C13H22N2O4/c1-8-6-9(10(7-8)13(18)19)12(17)15-5-3-2-4-11(14)16/h8-10H,2-7H2,1H3,(H2,14,16)(H,15,17)(H,18,19). The average Bonchev–Trinajstić information content (AvgIpc) is 2.70. The molecule has 1 aliphatic rings. The first-order valence-corrected chi connectivity index (χ1v) is 6.70. The van der Waals surface area contributed by atoms with Gasteiger partial charge in [-0.15, -0.1) is 0 Å². The highest BCUT2D eigenvalue weighted by Gasteiger charge is 2.40. The molecule has 1 aliphatic carbocycles. The van der Waals surface area contributed by atoms with Crippen LogP contribution in [0, 0.1) is 17.8 Å². The second-order valence-corrected chi connectivity index (χ2v) is 5.34. The van der Waals surface area contributed by atoms with Crippen molar-refractivity contribution in [2.75, 3.05) is 6.54 Å². The van der Waals surface area contributed by atoms with Crippen molar-refractivity contribution in [2.24, 2.45) is 23.5 Å². The molecule has 6 nitrogen and oxygen atoms in total. The highest BCUT2D eigenvalue weighted by atomic mass is 16.4. The predicted molar refractivity (Wildman–Crippen MR) is 69.1 cm³/mol. The van der Waals surface area contributed by atoms with Crippen LogP contribution in [0.25, 0.3) is 0 Å². The van der Waals surface area contributed by atoms with Crippen molar-refractivity contribution in [1.29, 1.82) is 0 Å². The maximum Gasteiger partial charge on any atom is 0.307 e. The van der Waals surface area contributed by atoms with Gasteiger partial charge in [0.25, 0.3) is 0 Å². The van der Waals surface area contributed by atoms with Crippen molar-refractivity contribution in [3.05, 3.63) is 0 Å². The Morgan fingerprint density at radius 2 is 1.84 bits per heavy atom. The molecular formula is C13H22N2O4. The second kappa shape index (κ2) is 7.11. The fraction of sp³-hybridized carbons (Fsp3) is 0.769. The molecule has 4 N–H and O–H groups in total. The van der Waals surface area contributed by atoms with Gasteiger partial charge in [0.05, 0.1) is 11.8 Å². The van der Waals surface area contributed by atoms with Crippen molar-refractivity contribution in [3.8, 4) is 0 Å². The summed E-state index contributed by atoms with van der Waals surface area (Å²) in [7, 11) is 0. The van der Waals surface area contributed by atoms with Crippen LogP contribution in [-0.2, 0) is 14.4 Å². The van der Waals surface area contributed by atoms with Gasteiger partial charge in [0.2, 0.25) is 11.8 Å². The van der Waals surface area contributed by atoms with Gasteiger partial charge in [0.1, 0.15) is 0 Å². The molecule has 0 saturated heterocycles. The molecule has 1 saturated carbocycles. The minimum Gasteiger partial charge on any atom is -0.481 e. The third-order valence-electron chi connectivity index (χ3n) is 3.60. The van der Waals surface area contributed by atoms with E-state index in [1.165, 1.54) is 0 Å². The van der Waals surface area contributed by atoms with E-state index < -0.39 is 17.8 Å². The molecular weight excluding hydrogens is 248 g/mol. The smallest absolute Gasteiger partial charge is 0.307 e. The van der Waals surface area contributed by atoms with E-state index in [-0.39, 0.29) is 17.7 Å². The fourth-order valence-corrected chi connectivity index (χ4v) is 2.62. The van der Waals surface area contributed by atoms with E-state index in [0.29, 0.717) is 38.6 Å². The van der Waals surface area contributed by atoms with Gasteiger partial charge in [-0.2, -0.15) is 0 Å². The summed E-state index contributed by atoms with van der Waals surface area (Å²) in [6, 6.07) is 0. The lowest BCUT2D eigenvalue weighted by molar-refractivity contribution is -0.146. The Bertz CT molecular complexity index is 357. The number of rotatable bonds is 7. The molecule has 6 heteroatoms. The first kappa shape index (κ1) is 15.5. The van der Waals surface area contributed by atoms with Crippen molar-refractivity contribution >= 4 is 17.8 Å². The van der Waals surface area contributed by atoms with Crippen molar-refractivity contribution in [2.45, 2.75) is 39.0 Å². The predicted octanol–water partition coefficient (Wildman–Crippen LogP) is 0.505. The van der Waals surface area contributed by atoms with Crippen LogP contribution in [0.3, 0.4) is 0 Å². The van der Waals surface area contributed by atoms with Crippen LogP contribution in [0.5, 0.6) is 0 Å². The summed E-state index contributed by atoms with van der Waals surface area (Å²) in [6.45, 7) is 2.43. The molecule has 0 radical (unpaired) electrons. The zero-order valence-electron chi connectivity index (χ0n) is 11.2. The van der Waals surface area contributed by atoms with Gasteiger partial charge in [-0.05, 0) is 31.6 Å². The summed E-state index contributed by atoms with van der Waals surface area (Å²) in [4.78, 5) is 33.5. The third kappa shape index (κ3) is 4.89. The Labute approximate surface area is 112 Å². The molecule has 2 amide bonds. The molecule has 0 aliphatic heterocycles. The minimum absolute atomic E-state index is 0.184. The second-order valence-electron chi connectivity index (χ2n) is 5.34. The van der Waals surface area contributed by atoms with Crippen LogP contribution in [0.2, 0.25) is 0 Å². The van der Waals surface area contributed by atoms with Crippen LogP contribution >= 0.6 is 0 Å². The highest BCUT2D eigenvalue weighted by Crippen LogP contribution is 2.36. The molecule has 1 fully saturated rings. The Morgan fingerprint density at radius 3 is 2.42 bits per heavy atom. The normalized spacial score (nSPS) is 26.1. The number of amides is 2. The number of nitrogens with two attached hydrogens (primary N) is 1. The monoisotopic (exact) mass is 270 g/mol. The summed E-state index contributed by atoms with van der Waals surface area (Å²) in [5.74, 6) is -2.15. The molecule has 3 unspecified atom stereocenters. The maximum atomic E-state index is 11.9. The Morgan fingerprint density at radius 1 is 1.21 bits per heavy atom. The fourth-order valence-electron chi connectivity index (χ4n) is 2.62. The first-order chi connectivity index (χ1) is 8.91. The zero-order valence-corrected chi connectivity index (χ0v) is 11.2. The number of hydrogen-bond donors (Lipinski definition) is 3. The number of nitrogens with one attached hydrogen (secondary N) is 1. The van der Waals surface area contributed by atoms with Crippen LogP contribution < -0.4 is 11.1 Å². The number of carboxylic acid groups (broad SMARTS) is 1. The molecule has 0 spiro atoms. The molecule has 19 heavy (non-hydrogen) atoms. The number of aliphatic carboxylic acids is 1. The molecule has 0 aromatic rings. The molecule has 108 valence electrons. The number of carbonyl (C=O) groups excluding carboxylic acids is 2. The molecule has 1 rings (SSSR count). The zero-order chi connectivity index (χ0) is 14.4. The van der Waals surface area contributed by atoms with E-state index in [2.05, 4.69) is 5.32 Å². The lowest BCUT2D eigenvalue weighted by Gasteiger charge is -2.15. The van der Waals surface area contributed by atoms with E-state index >= 15 is 0 Å². The Hall–Kier alpha value is -1.59. The largest absolute Gasteiger partial charge is 0.481 e. The van der Waals surface area contributed by atoms with Crippen molar-refractivity contribution in [3.63, 3.8) is 0 Å². The number of unbranched alkanes of at least 4 members (excludes halogenated alkanes) is 1. The third-order valence-corrected chi connectivity index (χ3v) is 3.60. The Kier molecular flexibility index (Phi) is 5.79. The van der Waals surface area contributed by atoms with Crippen LogP contribution in [0.15, 0.2) is 0 Å². The van der Waals surface area contributed by atoms with E-state index in [9.17, 15) is 14.4 Å². The van der Waals surface area contributed by atoms with Crippen molar-refractivity contribution in [1.82, 2.24) is 5.32 Å². The lowest BCUT2D eigenvalue weighted by atomic mass is 9.95. The van der Waals surface area contributed by atoms with Gasteiger partial charge >= 0.3 is 5.97 Å². The van der Waals surface area contributed by atoms with E-state index in [1.54, 1.807) is 0 Å². The average molecular weight is 270 g/mol. The van der Waals surface area contributed by atoms with Gasteiger partial charge in [0.15, 0.2) is 0 Å². The first-order valence-electron chi connectivity index (χ1n) is 6.70. The van der Waals surface area contributed by atoms with Gasteiger partial charge in [-0.1, -0.05) is 6.92 Å². The molecule has 0 aromatic carbocycles. The summed E-state index contributed by atoms with van der Waals surface area (Å²) in [6.07, 6.45) is 2.82. The van der Waals surface area contributed by atoms with Gasteiger partial charge < -0.3 is 16.2 Å². The molecule has 3 atom stereocenters. The van der Waals surface area contributed by atoms with Crippen LogP contribution in [0.4, 0.5) is 0 Å². The summed E-state index contributed by atoms with van der Waals surface area (Å²) >= 11 is 0. The highest BCUT2D eigenvalue weighted by molar-refractivity contribution is 5.85. The van der Waals surface area contributed by atoms with Crippen LogP contribution in [-0.4, -0.2) is 29.4 Å². The van der Waals surface area contributed by atoms with E-state index in [0.717, 1.165) is 0 Å². The Balaban J connectivity index is 2.32. The molecule has 0 bridgehead atoms. The van der Waals surface area contributed by atoms with E-state index in [1.807, 2.05) is 6.92 Å². The number of hydrogen-bond acceptors (Lipinski definition) is 3. The number of carboxylic acids is 1. The van der Waals surface area contributed by atoms with Crippen LogP contribution in [0.1, 0.15) is 39.0 Å². The minimum atomic E-state index is -0.891. The van der Waals surface area contributed by atoms with Gasteiger partial charge in [-0.25, -0.2) is 0 Å². The quantitative estimate of drug-likeness (QED) is 0.585. The van der Waals surface area contributed by atoms with Gasteiger partial charge in [-0.3, -0.25) is 14.4 Å². The SMILES string of the molecule is CC1CC(C(=O)O)C(C(=O)NCCCCC(N)=O)C1. The number of primary amides is 1. The summed E-state index contributed by atoms with van der Waals surface area (Å²) in [5.41, 5.74) is 5.01. The van der Waals surface area contributed by atoms with Crippen molar-refractivity contribution < 1.29 is 19.5 Å². The topological polar surface area (TPSA) is 109 Å². The number of carbonyl (C=O) groups is 3.